The molecule has 0 bridgehead atoms. The molecule has 7 nitrogen and oxygen atoms in total. The highest BCUT2D eigenvalue weighted by molar-refractivity contribution is 7.89. The number of carbonyl (C=O) groups excluding carboxylic acids is 1. The van der Waals surface area contributed by atoms with E-state index in [0.717, 1.165) is 0 Å². The molecule has 3 N–H and O–H groups in total. The van der Waals surface area contributed by atoms with Gasteiger partial charge in [-0.1, -0.05) is 0 Å². The Morgan fingerprint density at radius 1 is 1.47 bits per heavy atom. The maximum Gasteiger partial charge on any atom is 0.239 e. The molecule has 0 atom stereocenters. The molecule has 9 heteroatoms. The van der Waals surface area contributed by atoms with Crippen LogP contribution >= 0.6 is 12.4 Å². The topological polar surface area (TPSA) is 105 Å². The van der Waals surface area contributed by atoms with Crippen LogP contribution in [0, 0.1) is 0 Å². The summed E-state index contributed by atoms with van der Waals surface area (Å²) in [7, 11) is -3.24. The fraction of sp³-hybridized carbons (Fsp3) is 0.400. The van der Waals surface area contributed by atoms with Gasteiger partial charge < -0.3 is 11.1 Å². The summed E-state index contributed by atoms with van der Waals surface area (Å²) in [6, 6.07) is 3.17. The van der Waals surface area contributed by atoms with Gasteiger partial charge >= 0.3 is 0 Å². The first kappa shape index (κ1) is 15.7. The Balaban J connectivity index is 0.00000180. The SMILES string of the molecule is Cl.Nc1ccc(NC(=O)CN2CCCS2(=O)=O)cn1. The van der Waals surface area contributed by atoms with Crippen LogP contribution in [0.25, 0.3) is 0 Å². The van der Waals surface area contributed by atoms with Gasteiger partial charge in [0.2, 0.25) is 15.9 Å². The zero-order valence-electron chi connectivity index (χ0n) is 10.1. The minimum atomic E-state index is -3.24. The largest absolute Gasteiger partial charge is 0.384 e. The zero-order valence-corrected chi connectivity index (χ0v) is 11.7. The highest BCUT2D eigenvalue weighted by atomic mass is 35.5. The molecule has 2 rings (SSSR count). The number of anilines is 2. The van der Waals surface area contributed by atoms with Crippen LogP contribution in [0.5, 0.6) is 0 Å². The van der Waals surface area contributed by atoms with E-state index in [1.807, 2.05) is 0 Å². The zero-order chi connectivity index (χ0) is 13.2. The molecule has 0 aliphatic carbocycles. The number of halogens is 1. The fourth-order valence-corrected chi connectivity index (χ4v) is 3.18. The summed E-state index contributed by atoms with van der Waals surface area (Å²) in [6.07, 6.45) is 1.99. The van der Waals surface area contributed by atoms with Gasteiger partial charge in [0.1, 0.15) is 5.82 Å². The van der Waals surface area contributed by atoms with Crippen LogP contribution in [0.1, 0.15) is 6.42 Å². The van der Waals surface area contributed by atoms with Crippen LogP contribution in [-0.2, 0) is 14.8 Å². The van der Waals surface area contributed by atoms with Crippen molar-refractivity contribution in [3.05, 3.63) is 18.3 Å². The van der Waals surface area contributed by atoms with Gasteiger partial charge in [0.15, 0.2) is 0 Å². The monoisotopic (exact) mass is 306 g/mol. The third-order valence-electron chi connectivity index (χ3n) is 2.59. The maximum absolute atomic E-state index is 11.7. The third kappa shape index (κ3) is 4.05. The lowest BCUT2D eigenvalue weighted by atomic mass is 10.4. The van der Waals surface area contributed by atoms with Crippen LogP contribution in [0.4, 0.5) is 11.5 Å². The van der Waals surface area contributed by atoms with Crippen molar-refractivity contribution in [2.24, 2.45) is 0 Å². The molecule has 1 saturated heterocycles. The van der Waals surface area contributed by atoms with Gasteiger partial charge in [-0.25, -0.2) is 13.4 Å². The molecule has 19 heavy (non-hydrogen) atoms. The number of nitrogens with one attached hydrogen (secondary N) is 1. The number of hydrogen-bond acceptors (Lipinski definition) is 5. The van der Waals surface area contributed by atoms with Crippen molar-refractivity contribution in [3.63, 3.8) is 0 Å². The van der Waals surface area contributed by atoms with E-state index in [2.05, 4.69) is 10.3 Å². The summed E-state index contributed by atoms with van der Waals surface area (Å²) in [5.74, 6) is 0.0890. The van der Waals surface area contributed by atoms with E-state index < -0.39 is 10.0 Å². The second-order valence-electron chi connectivity index (χ2n) is 4.02. The molecule has 0 radical (unpaired) electrons. The summed E-state index contributed by atoms with van der Waals surface area (Å²) in [6.45, 7) is 0.239. The first-order valence-electron chi connectivity index (χ1n) is 5.46. The molecule has 0 aromatic carbocycles. The van der Waals surface area contributed by atoms with Crippen LogP contribution in [0.15, 0.2) is 18.3 Å². The van der Waals surface area contributed by atoms with E-state index >= 15 is 0 Å². The summed E-state index contributed by atoms with van der Waals surface area (Å²) in [4.78, 5) is 15.5. The standard InChI is InChI=1S/C10H14N4O3S.ClH/c11-9-3-2-8(6-12-9)13-10(15)7-14-4-1-5-18(14,16)17;/h2-3,6H,1,4-5,7H2,(H2,11,12)(H,13,15);1H. The normalized spacial score (nSPS) is 17.7. The Bertz CT molecular complexity index is 546. The Morgan fingerprint density at radius 2 is 2.21 bits per heavy atom. The second kappa shape index (κ2) is 6.18. The quantitative estimate of drug-likeness (QED) is 0.821. The van der Waals surface area contributed by atoms with Gasteiger partial charge in [-0.15, -0.1) is 12.4 Å². The van der Waals surface area contributed by atoms with Crippen molar-refractivity contribution in [2.75, 3.05) is 29.9 Å². The second-order valence-corrected chi connectivity index (χ2v) is 6.11. The number of carbonyl (C=O) groups is 1. The number of sulfonamides is 1. The van der Waals surface area contributed by atoms with Gasteiger partial charge in [0.05, 0.1) is 24.2 Å². The minimum Gasteiger partial charge on any atom is -0.384 e. The number of rotatable bonds is 3. The lowest BCUT2D eigenvalue weighted by molar-refractivity contribution is -0.116. The molecule has 0 saturated carbocycles. The molecule has 2 heterocycles. The maximum atomic E-state index is 11.7. The first-order valence-corrected chi connectivity index (χ1v) is 7.07. The number of nitrogen functional groups attached to an aromatic ring is 1. The van der Waals surface area contributed by atoms with Crippen LogP contribution in [0.2, 0.25) is 0 Å². The van der Waals surface area contributed by atoms with Gasteiger partial charge in [0.25, 0.3) is 0 Å². The Kier molecular flexibility index (Phi) is 5.10. The van der Waals surface area contributed by atoms with Crippen LogP contribution in [-0.4, -0.2) is 42.5 Å². The fourth-order valence-electron chi connectivity index (χ4n) is 1.71. The van der Waals surface area contributed by atoms with E-state index in [0.29, 0.717) is 24.5 Å². The van der Waals surface area contributed by atoms with E-state index in [-0.39, 0.29) is 30.6 Å². The van der Waals surface area contributed by atoms with Gasteiger partial charge in [0, 0.05) is 6.54 Å². The number of amides is 1. The highest BCUT2D eigenvalue weighted by Gasteiger charge is 2.29. The summed E-state index contributed by atoms with van der Waals surface area (Å²) >= 11 is 0. The number of aromatic nitrogens is 1. The van der Waals surface area contributed by atoms with E-state index in [1.54, 1.807) is 12.1 Å². The molecule has 1 aliphatic heterocycles. The number of nitrogens with zero attached hydrogens (tertiary/aromatic N) is 2. The summed E-state index contributed by atoms with van der Waals surface area (Å²) in [5, 5.41) is 2.57. The Hall–Kier alpha value is -1.38. The van der Waals surface area contributed by atoms with E-state index in [4.69, 9.17) is 5.73 Å². The molecule has 1 aliphatic rings. The van der Waals surface area contributed by atoms with Crippen LogP contribution in [0.3, 0.4) is 0 Å². The highest BCUT2D eigenvalue weighted by Crippen LogP contribution is 2.13. The Morgan fingerprint density at radius 3 is 2.74 bits per heavy atom. The van der Waals surface area contributed by atoms with Crippen molar-refractivity contribution in [1.29, 1.82) is 0 Å². The van der Waals surface area contributed by atoms with Crippen LogP contribution < -0.4 is 11.1 Å². The van der Waals surface area contributed by atoms with E-state index in [1.165, 1.54) is 10.5 Å². The first-order chi connectivity index (χ1) is 8.47. The van der Waals surface area contributed by atoms with E-state index in [9.17, 15) is 13.2 Å². The molecule has 0 unspecified atom stereocenters. The summed E-state index contributed by atoms with van der Waals surface area (Å²) < 4.78 is 24.2. The van der Waals surface area contributed by atoms with Crippen molar-refractivity contribution in [1.82, 2.24) is 9.29 Å². The molecular weight excluding hydrogens is 292 g/mol. The number of hydrogen-bond donors (Lipinski definition) is 2. The van der Waals surface area contributed by atoms with Crippen molar-refractivity contribution in [2.45, 2.75) is 6.42 Å². The molecule has 1 amide bonds. The molecule has 1 aromatic heterocycles. The molecule has 1 aromatic rings. The average Bonchev–Trinajstić information content (AvgIpc) is 2.62. The smallest absolute Gasteiger partial charge is 0.239 e. The summed E-state index contributed by atoms with van der Waals surface area (Å²) in [5.41, 5.74) is 5.91. The van der Waals surface area contributed by atoms with Crippen molar-refractivity contribution >= 4 is 39.8 Å². The van der Waals surface area contributed by atoms with Gasteiger partial charge in [-0.2, -0.15) is 4.31 Å². The predicted molar refractivity (Wildman–Crippen MR) is 74.5 cm³/mol. The lowest BCUT2D eigenvalue weighted by Gasteiger charge is -2.13. The predicted octanol–water partition coefficient (Wildman–Crippen LogP) is 0.0596. The Labute approximate surface area is 117 Å². The van der Waals surface area contributed by atoms with Gasteiger partial charge in [-0.05, 0) is 18.6 Å². The molecule has 0 spiro atoms. The average molecular weight is 307 g/mol. The lowest BCUT2D eigenvalue weighted by Crippen LogP contribution is -2.34. The number of pyridine rings is 1. The third-order valence-corrected chi connectivity index (χ3v) is 4.50. The van der Waals surface area contributed by atoms with Crippen molar-refractivity contribution < 1.29 is 13.2 Å². The van der Waals surface area contributed by atoms with Gasteiger partial charge in [-0.3, -0.25) is 4.79 Å². The molecule has 106 valence electrons. The number of nitrogens with two attached hydrogens (primary N) is 1. The minimum absolute atomic E-state index is 0. The molecular formula is C10H15ClN4O3S. The molecule has 1 fully saturated rings. The van der Waals surface area contributed by atoms with Crippen molar-refractivity contribution in [3.8, 4) is 0 Å².